The molecule has 0 saturated carbocycles. The first kappa shape index (κ1) is 11.2. The van der Waals surface area contributed by atoms with Crippen molar-refractivity contribution in [1.29, 1.82) is 0 Å². The van der Waals surface area contributed by atoms with E-state index in [4.69, 9.17) is 16.7 Å². The molecule has 82 valence electrons. The average Bonchev–Trinajstić information content (AvgIpc) is 2.61. The van der Waals surface area contributed by atoms with Gasteiger partial charge < -0.3 is 5.11 Å². The van der Waals surface area contributed by atoms with Crippen molar-refractivity contribution >= 4 is 33.5 Å². The number of hydrogen-bond acceptors (Lipinski definition) is 2. The van der Waals surface area contributed by atoms with Crippen LogP contribution in [0.15, 0.2) is 35.1 Å². The first-order valence-corrected chi connectivity index (χ1v) is 5.49. The highest BCUT2D eigenvalue weighted by molar-refractivity contribution is 9.10. The molecule has 0 atom stereocenters. The molecule has 6 heteroatoms. The number of rotatable bonds is 2. The minimum atomic E-state index is -1.04. The van der Waals surface area contributed by atoms with Crippen LogP contribution in [0.25, 0.3) is 5.82 Å². The molecule has 2 rings (SSSR count). The Kier molecular flexibility index (Phi) is 2.98. The molecule has 0 radical (unpaired) electrons. The summed E-state index contributed by atoms with van der Waals surface area (Å²) in [5, 5.41) is 9.46. The maximum absolute atomic E-state index is 11.1. The monoisotopic (exact) mass is 300 g/mol. The number of halogens is 2. The number of aromatic carboxylic acids is 1. The standard InChI is InChI=1S/C10H6BrClN2O2/c11-6-3-5-14(8(6)10(15)16)9-7(12)2-1-4-13-9/h1-5H,(H,15,16). The second-order valence-electron chi connectivity index (χ2n) is 3.00. The van der Waals surface area contributed by atoms with E-state index in [1.54, 1.807) is 30.6 Å². The van der Waals surface area contributed by atoms with Gasteiger partial charge in [-0.1, -0.05) is 11.6 Å². The van der Waals surface area contributed by atoms with Crippen molar-refractivity contribution in [2.45, 2.75) is 0 Å². The molecule has 0 saturated heterocycles. The van der Waals surface area contributed by atoms with Gasteiger partial charge in [0.2, 0.25) is 0 Å². The van der Waals surface area contributed by atoms with E-state index in [0.717, 1.165) is 0 Å². The molecule has 0 bridgehead atoms. The molecule has 0 aliphatic heterocycles. The van der Waals surface area contributed by atoms with Crippen LogP contribution in [0.2, 0.25) is 5.02 Å². The van der Waals surface area contributed by atoms with E-state index < -0.39 is 5.97 Å². The van der Waals surface area contributed by atoms with E-state index in [1.807, 2.05) is 0 Å². The predicted molar refractivity (Wildman–Crippen MR) is 63.2 cm³/mol. The number of aromatic nitrogens is 2. The molecule has 1 N–H and O–H groups in total. The third-order valence-electron chi connectivity index (χ3n) is 2.01. The van der Waals surface area contributed by atoms with Crippen molar-refractivity contribution < 1.29 is 9.90 Å². The summed E-state index contributed by atoms with van der Waals surface area (Å²) >= 11 is 9.12. The molecular formula is C10H6BrClN2O2. The van der Waals surface area contributed by atoms with E-state index in [2.05, 4.69) is 20.9 Å². The smallest absolute Gasteiger partial charge is 0.354 e. The molecule has 0 aromatic carbocycles. The molecule has 0 unspecified atom stereocenters. The van der Waals surface area contributed by atoms with Gasteiger partial charge in [-0.3, -0.25) is 4.57 Å². The number of carbonyl (C=O) groups is 1. The fourth-order valence-corrected chi connectivity index (χ4v) is 2.04. The lowest BCUT2D eigenvalue weighted by molar-refractivity contribution is 0.0687. The van der Waals surface area contributed by atoms with Gasteiger partial charge in [0.05, 0.1) is 9.50 Å². The van der Waals surface area contributed by atoms with Crippen molar-refractivity contribution in [2.75, 3.05) is 0 Å². The Morgan fingerprint density at radius 2 is 2.25 bits per heavy atom. The van der Waals surface area contributed by atoms with E-state index in [-0.39, 0.29) is 5.69 Å². The van der Waals surface area contributed by atoms with Gasteiger partial charge in [0.25, 0.3) is 0 Å². The van der Waals surface area contributed by atoms with Gasteiger partial charge in [-0.25, -0.2) is 9.78 Å². The third kappa shape index (κ3) is 1.83. The van der Waals surface area contributed by atoms with Crippen LogP contribution in [-0.4, -0.2) is 20.6 Å². The molecule has 0 amide bonds. The number of hydrogen-bond donors (Lipinski definition) is 1. The van der Waals surface area contributed by atoms with Gasteiger partial charge in [0.15, 0.2) is 5.82 Å². The van der Waals surface area contributed by atoms with Gasteiger partial charge in [-0.05, 0) is 34.1 Å². The first-order chi connectivity index (χ1) is 7.61. The minimum Gasteiger partial charge on any atom is -0.477 e. The normalized spacial score (nSPS) is 10.4. The van der Waals surface area contributed by atoms with Gasteiger partial charge in [0.1, 0.15) is 5.69 Å². The van der Waals surface area contributed by atoms with Crippen molar-refractivity contribution in [3.05, 3.63) is 45.8 Å². The van der Waals surface area contributed by atoms with Crippen LogP contribution < -0.4 is 0 Å². The Bertz CT molecular complexity index is 554. The maximum Gasteiger partial charge on any atom is 0.354 e. The van der Waals surface area contributed by atoms with Crippen LogP contribution in [0.1, 0.15) is 10.5 Å². The average molecular weight is 302 g/mol. The zero-order chi connectivity index (χ0) is 11.7. The van der Waals surface area contributed by atoms with Crippen LogP contribution in [0, 0.1) is 0 Å². The second-order valence-corrected chi connectivity index (χ2v) is 4.26. The molecule has 2 aromatic rings. The molecule has 4 nitrogen and oxygen atoms in total. The summed E-state index contributed by atoms with van der Waals surface area (Å²) in [7, 11) is 0. The highest BCUT2D eigenvalue weighted by atomic mass is 79.9. The Labute approximate surface area is 105 Å². The number of nitrogens with zero attached hydrogens (tertiary/aromatic N) is 2. The van der Waals surface area contributed by atoms with Crippen LogP contribution in [0.3, 0.4) is 0 Å². The fraction of sp³-hybridized carbons (Fsp3) is 0. The molecule has 0 spiro atoms. The quantitative estimate of drug-likeness (QED) is 0.927. The Balaban J connectivity index is 2.66. The fourth-order valence-electron chi connectivity index (χ4n) is 1.34. The largest absolute Gasteiger partial charge is 0.477 e. The number of pyridine rings is 1. The van der Waals surface area contributed by atoms with Crippen molar-refractivity contribution in [1.82, 2.24) is 9.55 Å². The van der Waals surface area contributed by atoms with Crippen molar-refractivity contribution in [2.24, 2.45) is 0 Å². The topological polar surface area (TPSA) is 55.1 Å². The molecule has 0 aliphatic rings. The van der Waals surface area contributed by atoms with Crippen LogP contribution in [-0.2, 0) is 0 Å². The molecule has 16 heavy (non-hydrogen) atoms. The van der Waals surface area contributed by atoms with E-state index in [9.17, 15) is 4.79 Å². The molecule has 2 aromatic heterocycles. The Morgan fingerprint density at radius 1 is 1.50 bits per heavy atom. The lowest BCUT2D eigenvalue weighted by Gasteiger charge is -2.06. The van der Waals surface area contributed by atoms with Gasteiger partial charge >= 0.3 is 5.97 Å². The van der Waals surface area contributed by atoms with E-state index >= 15 is 0 Å². The summed E-state index contributed by atoms with van der Waals surface area (Å²) in [5.41, 5.74) is 0.0978. The van der Waals surface area contributed by atoms with Crippen molar-refractivity contribution in [3.8, 4) is 5.82 Å². The predicted octanol–water partition coefficient (Wildman–Crippen LogP) is 2.99. The van der Waals surface area contributed by atoms with Crippen LogP contribution >= 0.6 is 27.5 Å². The van der Waals surface area contributed by atoms with E-state index in [1.165, 1.54) is 4.57 Å². The lowest BCUT2D eigenvalue weighted by Crippen LogP contribution is -2.08. The summed E-state index contributed by atoms with van der Waals surface area (Å²) in [6.45, 7) is 0. The lowest BCUT2D eigenvalue weighted by atomic mass is 10.4. The SMILES string of the molecule is O=C(O)c1c(Br)ccn1-c1ncccc1Cl. The van der Waals surface area contributed by atoms with Gasteiger partial charge in [-0.2, -0.15) is 0 Å². The maximum atomic E-state index is 11.1. The highest BCUT2D eigenvalue weighted by Crippen LogP contribution is 2.24. The van der Waals surface area contributed by atoms with Crippen LogP contribution in [0.4, 0.5) is 0 Å². The molecular weight excluding hydrogens is 295 g/mol. The highest BCUT2D eigenvalue weighted by Gasteiger charge is 2.17. The summed E-state index contributed by atoms with van der Waals surface area (Å²) < 4.78 is 1.91. The van der Waals surface area contributed by atoms with Crippen LogP contribution in [0.5, 0.6) is 0 Å². The Morgan fingerprint density at radius 3 is 2.88 bits per heavy atom. The Hall–Kier alpha value is -1.33. The second kappa shape index (κ2) is 4.27. The summed E-state index contributed by atoms with van der Waals surface area (Å²) in [6, 6.07) is 4.97. The van der Waals surface area contributed by atoms with Gasteiger partial charge in [0, 0.05) is 12.4 Å². The van der Waals surface area contributed by atoms with Gasteiger partial charge in [-0.15, -0.1) is 0 Å². The number of carboxylic acid groups (broad SMARTS) is 1. The minimum absolute atomic E-state index is 0.0978. The summed E-state index contributed by atoms with van der Waals surface area (Å²) in [5.74, 6) is -0.647. The van der Waals surface area contributed by atoms with Crippen molar-refractivity contribution in [3.63, 3.8) is 0 Å². The number of carboxylic acids is 1. The zero-order valence-corrected chi connectivity index (χ0v) is 10.2. The molecule has 0 aliphatic carbocycles. The zero-order valence-electron chi connectivity index (χ0n) is 7.89. The molecule has 0 fully saturated rings. The third-order valence-corrected chi connectivity index (χ3v) is 2.94. The van der Waals surface area contributed by atoms with E-state index in [0.29, 0.717) is 15.3 Å². The first-order valence-electron chi connectivity index (χ1n) is 4.32. The molecule has 2 heterocycles. The summed E-state index contributed by atoms with van der Waals surface area (Å²) in [6.07, 6.45) is 3.16. The summed E-state index contributed by atoms with van der Waals surface area (Å²) in [4.78, 5) is 15.1.